The molecule has 0 aliphatic rings. The van der Waals surface area contributed by atoms with Gasteiger partial charge in [0.2, 0.25) is 0 Å². The molecule has 0 aliphatic carbocycles. The fourth-order valence-corrected chi connectivity index (χ4v) is 1.29. The van der Waals surface area contributed by atoms with E-state index in [0.29, 0.717) is 0 Å². The SMILES string of the molecule is CC(Br)OS(=O)(=O)C(F)(F)F.S. The van der Waals surface area contributed by atoms with Crippen molar-refractivity contribution >= 4 is 39.5 Å². The minimum absolute atomic E-state index is 0. The van der Waals surface area contributed by atoms with Gasteiger partial charge in [0.25, 0.3) is 0 Å². The summed E-state index contributed by atoms with van der Waals surface area (Å²) < 4.78 is 58.1. The second-order valence-corrected chi connectivity index (χ2v) is 4.39. The molecule has 1 unspecified atom stereocenters. The summed E-state index contributed by atoms with van der Waals surface area (Å²) in [5, 5.41) is -1.19. The van der Waals surface area contributed by atoms with Gasteiger partial charge in [0.1, 0.15) is 5.01 Å². The molecule has 0 bridgehead atoms. The first-order chi connectivity index (χ1) is 4.67. The Labute approximate surface area is 83.0 Å². The lowest BCUT2D eigenvalue weighted by Crippen LogP contribution is -2.27. The van der Waals surface area contributed by atoms with E-state index in [1.807, 2.05) is 0 Å². The minimum atomic E-state index is -5.44. The molecule has 0 fully saturated rings. The van der Waals surface area contributed by atoms with Crippen molar-refractivity contribution in [3.05, 3.63) is 0 Å². The largest absolute Gasteiger partial charge is 0.523 e. The van der Waals surface area contributed by atoms with E-state index in [4.69, 9.17) is 0 Å². The Morgan fingerprint density at radius 3 is 1.83 bits per heavy atom. The van der Waals surface area contributed by atoms with Gasteiger partial charge in [-0.1, -0.05) is 15.9 Å². The van der Waals surface area contributed by atoms with Crippen molar-refractivity contribution in [1.82, 2.24) is 0 Å². The van der Waals surface area contributed by atoms with Crippen molar-refractivity contribution in [2.45, 2.75) is 17.4 Å². The number of hydrogen-bond acceptors (Lipinski definition) is 3. The molecule has 0 aromatic heterocycles. The molecular formula is C3H6BrF3O3S2. The summed E-state index contributed by atoms with van der Waals surface area (Å²) in [5.41, 5.74) is -5.35. The van der Waals surface area contributed by atoms with Gasteiger partial charge in [-0.25, -0.2) is 4.18 Å². The molecular weight excluding hydrogens is 285 g/mol. The third-order valence-electron chi connectivity index (χ3n) is 0.543. The summed E-state index contributed by atoms with van der Waals surface area (Å²) in [6.45, 7) is 1.11. The number of halogens is 4. The molecule has 0 radical (unpaired) electrons. The normalized spacial score (nSPS) is 15.1. The Morgan fingerprint density at radius 2 is 1.75 bits per heavy atom. The van der Waals surface area contributed by atoms with Crippen LogP contribution in [0.5, 0.6) is 0 Å². The average molecular weight is 291 g/mol. The molecule has 0 N–H and O–H groups in total. The Morgan fingerprint density at radius 1 is 1.42 bits per heavy atom. The maximum atomic E-state index is 11.5. The van der Waals surface area contributed by atoms with Gasteiger partial charge in [0.05, 0.1) is 0 Å². The zero-order valence-electron chi connectivity index (χ0n) is 5.72. The highest BCUT2D eigenvalue weighted by atomic mass is 79.9. The summed E-state index contributed by atoms with van der Waals surface area (Å²) in [7, 11) is -5.44. The first kappa shape index (κ1) is 15.0. The third-order valence-corrected chi connectivity index (χ3v) is 2.09. The van der Waals surface area contributed by atoms with Gasteiger partial charge >= 0.3 is 15.6 Å². The van der Waals surface area contributed by atoms with Crippen molar-refractivity contribution in [2.75, 3.05) is 0 Å². The molecule has 0 spiro atoms. The molecule has 1 atom stereocenters. The fraction of sp³-hybridized carbons (Fsp3) is 1.00. The highest BCUT2D eigenvalue weighted by molar-refractivity contribution is 9.09. The van der Waals surface area contributed by atoms with E-state index in [1.165, 1.54) is 0 Å². The van der Waals surface area contributed by atoms with Gasteiger partial charge in [-0.05, 0) is 6.92 Å². The van der Waals surface area contributed by atoms with Crippen LogP contribution in [0.3, 0.4) is 0 Å². The van der Waals surface area contributed by atoms with Crippen LogP contribution in [0.25, 0.3) is 0 Å². The monoisotopic (exact) mass is 290 g/mol. The molecule has 9 heteroatoms. The maximum absolute atomic E-state index is 11.5. The molecule has 3 nitrogen and oxygen atoms in total. The molecule has 0 amide bonds. The predicted molar refractivity (Wildman–Crippen MR) is 44.8 cm³/mol. The Bertz CT molecular complexity index is 221. The van der Waals surface area contributed by atoms with E-state index in [2.05, 4.69) is 20.1 Å². The van der Waals surface area contributed by atoms with E-state index < -0.39 is 20.6 Å². The lowest BCUT2D eigenvalue weighted by Gasteiger charge is -2.08. The Balaban J connectivity index is 0. The van der Waals surface area contributed by atoms with Gasteiger partial charge in [-0.15, -0.1) is 0 Å². The molecule has 0 aromatic rings. The van der Waals surface area contributed by atoms with E-state index in [0.717, 1.165) is 6.92 Å². The first-order valence-corrected chi connectivity index (χ1v) is 4.63. The Kier molecular flexibility index (Phi) is 5.86. The molecule has 0 aliphatic heterocycles. The van der Waals surface area contributed by atoms with Crippen LogP contribution in [0.15, 0.2) is 0 Å². The second-order valence-electron chi connectivity index (χ2n) is 1.54. The van der Waals surface area contributed by atoms with Gasteiger partial charge in [-0.2, -0.15) is 35.1 Å². The summed E-state index contributed by atoms with van der Waals surface area (Å²) in [4.78, 5) is 0. The van der Waals surface area contributed by atoms with Crippen LogP contribution in [-0.2, 0) is 14.3 Å². The third kappa shape index (κ3) is 4.53. The Hall–Kier alpha value is 0.530. The van der Waals surface area contributed by atoms with Gasteiger partial charge < -0.3 is 0 Å². The minimum Gasteiger partial charge on any atom is -0.249 e. The predicted octanol–water partition coefficient (Wildman–Crippen LogP) is 1.71. The van der Waals surface area contributed by atoms with Crippen molar-refractivity contribution in [3.63, 3.8) is 0 Å². The van der Waals surface area contributed by atoms with E-state index in [1.54, 1.807) is 0 Å². The van der Waals surface area contributed by atoms with Crippen LogP contribution in [0.4, 0.5) is 13.2 Å². The van der Waals surface area contributed by atoms with Gasteiger partial charge in [-0.3, -0.25) is 0 Å². The zero-order chi connectivity index (χ0) is 9.28. The lowest BCUT2D eigenvalue weighted by atomic mass is 10.9. The quantitative estimate of drug-likeness (QED) is 0.442. The molecule has 0 rings (SSSR count). The molecule has 76 valence electrons. The van der Waals surface area contributed by atoms with Crippen molar-refractivity contribution in [2.24, 2.45) is 0 Å². The number of hydrogen-bond donors (Lipinski definition) is 0. The summed E-state index contributed by atoms with van der Waals surface area (Å²) in [5.74, 6) is 0. The lowest BCUT2D eigenvalue weighted by molar-refractivity contribution is -0.0545. The van der Waals surface area contributed by atoms with Crippen LogP contribution in [-0.4, -0.2) is 18.9 Å². The van der Waals surface area contributed by atoms with Crippen LogP contribution < -0.4 is 0 Å². The summed E-state index contributed by atoms with van der Waals surface area (Å²) >= 11 is 2.50. The highest BCUT2D eigenvalue weighted by Gasteiger charge is 2.47. The number of rotatable bonds is 2. The van der Waals surface area contributed by atoms with Crippen LogP contribution >= 0.6 is 29.4 Å². The van der Waals surface area contributed by atoms with Crippen LogP contribution in [0, 0.1) is 0 Å². The van der Waals surface area contributed by atoms with Crippen molar-refractivity contribution in [3.8, 4) is 0 Å². The second kappa shape index (κ2) is 4.68. The standard InChI is InChI=1S/C3H4BrF3O3S.H2S/c1-2(4)10-11(8,9)3(5,6)7;/h2H,1H3;1H2. The van der Waals surface area contributed by atoms with Crippen LogP contribution in [0.1, 0.15) is 6.92 Å². The maximum Gasteiger partial charge on any atom is 0.523 e. The molecule has 0 saturated carbocycles. The average Bonchev–Trinajstić information content (AvgIpc) is 1.56. The molecule has 0 aromatic carbocycles. The van der Waals surface area contributed by atoms with Gasteiger partial charge in [0, 0.05) is 0 Å². The first-order valence-electron chi connectivity index (χ1n) is 2.30. The van der Waals surface area contributed by atoms with Gasteiger partial charge in [0.15, 0.2) is 0 Å². The van der Waals surface area contributed by atoms with Crippen molar-refractivity contribution < 1.29 is 25.8 Å². The van der Waals surface area contributed by atoms with E-state index in [9.17, 15) is 21.6 Å². The molecule has 0 saturated heterocycles. The number of alkyl halides is 4. The summed E-state index contributed by atoms with van der Waals surface area (Å²) in [6.07, 6.45) is 0. The van der Waals surface area contributed by atoms with Crippen molar-refractivity contribution in [1.29, 1.82) is 0 Å². The van der Waals surface area contributed by atoms with E-state index >= 15 is 0 Å². The highest BCUT2D eigenvalue weighted by Crippen LogP contribution is 2.26. The smallest absolute Gasteiger partial charge is 0.249 e. The van der Waals surface area contributed by atoms with Crippen LogP contribution in [0.2, 0.25) is 0 Å². The van der Waals surface area contributed by atoms with E-state index in [-0.39, 0.29) is 13.5 Å². The molecule has 0 heterocycles. The fourth-order valence-electron chi connectivity index (χ4n) is 0.229. The molecule has 12 heavy (non-hydrogen) atoms. The zero-order valence-corrected chi connectivity index (χ0v) is 9.12. The summed E-state index contributed by atoms with van der Waals surface area (Å²) in [6, 6.07) is 0. The topological polar surface area (TPSA) is 43.4 Å².